The van der Waals surface area contributed by atoms with Gasteiger partial charge in [0.05, 0.1) is 16.4 Å². The second-order valence-corrected chi connectivity index (χ2v) is 5.62. The van der Waals surface area contributed by atoms with Crippen LogP contribution in [0.5, 0.6) is 0 Å². The average Bonchev–Trinajstić information content (AvgIpc) is 2.39. The molecular weight excluding hydrogens is 286 g/mol. The van der Waals surface area contributed by atoms with Gasteiger partial charge in [0, 0.05) is 26.3 Å². The molecule has 112 valence electrons. The van der Waals surface area contributed by atoms with E-state index in [1.807, 2.05) is 0 Å². The van der Waals surface area contributed by atoms with Crippen LogP contribution in [0.4, 0.5) is 11.4 Å². The molecule has 1 aromatic carbocycles. The van der Waals surface area contributed by atoms with Gasteiger partial charge in [0.15, 0.2) is 0 Å². The van der Waals surface area contributed by atoms with Gasteiger partial charge in [0.2, 0.25) is 10.0 Å². The zero-order valence-electron chi connectivity index (χ0n) is 11.3. The lowest BCUT2D eigenvalue weighted by Gasteiger charge is -2.08. The van der Waals surface area contributed by atoms with E-state index in [0.717, 1.165) is 6.07 Å². The number of anilines is 1. The molecule has 0 fully saturated rings. The van der Waals surface area contributed by atoms with Crippen molar-refractivity contribution in [2.75, 3.05) is 32.1 Å². The summed E-state index contributed by atoms with van der Waals surface area (Å²) < 4.78 is 30.9. The number of nitrogens with zero attached hydrogens (tertiary/aromatic N) is 1. The molecule has 0 heterocycles. The van der Waals surface area contributed by atoms with E-state index in [-0.39, 0.29) is 29.4 Å². The van der Waals surface area contributed by atoms with E-state index >= 15 is 0 Å². The Morgan fingerprint density at radius 1 is 1.40 bits per heavy atom. The maximum atomic E-state index is 11.9. The predicted molar refractivity (Wildman–Crippen MR) is 74.3 cm³/mol. The van der Waals surface area contributed by atoms with Crippen molar-refractivity contribution in [2.24, 2.45) is 0 Å². The Hall–Kier alpha value is -1.71. The number of methoxy groups -OCH3 is 1. The highest BCUT2D eigenvalue weighted by Crippen LogP contribution is 2.27. The fourth-order valence-electron chi connectivity index (χ4n) is 1.53. The number of benzene rings is 1. The third kappa shape index (κ3) is 4.15. The van der Waals surface area contributed by atoms with Gasteiger partial charge in [-0.15, -0.1) is 0 Å². The van der Waals surface area contributed by atoms with Gasteiger partial charge in [0.1, 0.15) is 5.69 Å². The molecule has 0 amide bonds. The minimum atomic E-state index is -3.78. The second-order valence-electron chi connectivity index (χ2n) is 3.86. The molecule has 20 heavy (non-hydrogen) atoms. The molecular formula is C11H17N3O5S. The van der Waals surface area contributed by atoms with Crippen molar-refractivity contribution in [3.05, 3.63) is 28.3 Å². The molecule has 0 saturated carbocycles. The lowest BCUT2D eigenvalue weighted by atomic mass is 10.2. The molecule has 0 aliphatic rings. The summed E-state index contributed by atoms with van der Waals surface area (Å²) in [5, 5.41) is 13.8. The zero-order chi connectivity index (χ0) is 15.2. The normalized spacial score (nSPS) is 11.3. The van der Waals surface area contributed by atoms with Crippen LogP contribution in [0, 0.1) is 10.1 Å². The molecule has 0 bridgehead atoms. The summed E-state index contributed by atoms with van der Waals surface area (Å²) in [6.45, 7) is 2.61. The number of hydrogen-bond acceptors (Lipinski definition) is 6. The minimum Gasteiger partial charge on any atom is -0.383 e. The van der Waals surface area contributed by atoms with Crippen molar-refractivity contribution in [2.45, 2.75) is 11.8 Å². The lowest BCUT2D eigenvalue weighted by Crippen LogP contribution is -2.27. The summed E-state index contributed by atoms with van der Waals surface area (Å²) in [4.78, 5) is 10.2. The van der Waals surface area contributed by atoms with E-state index in [2.05, 4.69) is 10.0 Å². The molecule has 8 nitrogen and oxygen atoms in total. The van der Waals surface area contributed by atoms with E-state index in [4.69, 9.17) is 4.74 Å². The molecule has 1 aromatic rings. The summed E-state index contributed by atoms with van der Waals surface area (Å²) >= 11 is 0. The van der Waals surface area contributed by atoms with Crippen LogP contribution in [0.25, 0.3) is 0 Å². The summed E-state index contributed by atoms with van der Waals surface area (Å²) in [6.07, 6.45) is 0. The standard InChI is InChI=1S/C11H17N3O5S/c1-3-12-10-5-4-9(8-11(10)14(15)16)20(17,18)13-6-7-19-2/h4-5,8,12-13H,3,6-7H2,1-2H3. The first-order chi connectivity index (χ1) is 9.42. The van der Waals surface area contributed by atoms with Crippen LogP contribution >= 0.6 is 0 Å². The third-order valence-corrected chi connectivity index (χ3v) is 3.90. The molecule has 2 N–H and O–H groups in total. The number of nitro benzene ring substituents is 1. The molecule has 9 heteroatoms. The largest absolute Gasteiger partial charge is 0.383 e. The number of nitro groups is 1. The van der Waals surface area contributed by atoms with E-state index in [1.165, 1.54) is 19.2 Å². The summed E-state index contributed by atoms with van der Waals surface area (Å²) in [5.41, 5.74) is 0.00908. The van der Waals surface area contributed by atoms with Gasteiger partial charge >= 0.3 is 0 Å². The fraction of sp³-hybridized carbons (Fsp3) is 0.455. The summed E-state index contributed by atoms with van der Waals surface area (Å²) in [6, 6.07) is 3.74. The minimum absolute atomic E-state index is 0.0988. The van der Waals surface area contributed by atoms with Crippen molar-refractivity contribution in [3.8, 4) is 0 Å². The highest BCUT2D eigenvalue weighted by molar-refractivity contribution is 7.89. The lowest BCUT2D eigenvalue weighted by molar-refractivity contribution is -0.384. The van der Waals surface area contributed by atoms with Gasteiger partial charge in [0.25, 0.3) is 5.69 Å². The highest BCUT2D eigenvalue weighted by Gasteiger charge is 2.20. The van der Waals surface area contributed by atoms with Gasteiger partial charge in [-0.05, 0) is 19.1 Å². The maximum absolute atomic E-state index is 11.9. The Morgan fingerprint density at radius 2 is 2.10 bits per heavy atom. The van der Waals surface area contributed by atoms with Gasteiger partial charge in [-0.25, -0.2) is 13.1 Å². The Kier molecular flexibility index (Phi) is 5.86. The Morgan fingerprint density at radius 3 is 2.65 bits per heavy atom. The molecule has 0 radical (unpaired) electrons. The molecule has 0 aromatic heterocycles. The van der Waals surface area contributed by atoms with Crippen molar-refractivity contribution in [1.82, 2.24) is 4.72 Å². The van der Waals surface area contributed by atoms with Crippen molar-refractivity contribution in [1.29, 1.82) is 0 Å². The number of ether oxygens (including phenoxy) is 1. The number of sulfonamides is 1. The number of hydrogen-bond donors (Lipinski definition) is 2. The van der Waals surface area contributed by atoms with E-state index in [0.29, 0.717) is 6.54 Å². The smallest absolute Gasteiger partial charge is 0.293 e. The topological polar surface area (TPSA) is 111 Å². The van der Waals surface area contributed by atoms with E-state index in [1.54, 1.807) is 6.92 Å². The van der Waals surface area contributed by atoms with Crippen LogP contribution in [0.15, 0.2) is 23.1 Å². The Labute approximate surface area is 117 Å². The molecule has 0 aliphatic heterocycles. The monoisotopic (exact) mass is 303 g/mol. The van der Waals surface area contributed by atoms with Crippen LogP contribution in [0.2, 0.25) is 0 Å². The fourth-order valence-corrected chi connectivity index (χ4v) is 2.56. The first kappa shape index (κ1) is 16.3. The van der Waals surface area contributed by atoms with Crippen LogP contribution in [-0.4, -0.2) is 40.1 Å². The summed E-state index contributed by atoms with van der Waals surface area (Å²) in [7, 11) is -2.33. The van der Waals surface area contributed by atoms with Crippen molar-refractivity contribution < 1.29 is 18.1 Å². The van der Waals surface area contributed by atoms with Gasteiger partial charge in [-0.3, -0.25) is 10.1 Å². The number of nitrogens with one attached hydrogen (secondary N) is 2. The van der Waals surface area contributed by atoms with Gasteiger partial charge in [-0.2, -0.15) is 0 Å². The van der Waals surface area contributed by atoms with Gasteiger partial charge < -0.3 is 10.1 Å². The molecule has 1 rings (SSSR count). The Bertz CT molecular complexity index is 573. The van der Waals surface area contributed by atoms with Crippen LogP contribution < -0.4 is 10.0 Å². The van der Waals surface area contributed by atoms with Crippen LogP contribution in [0.1, 0.15) is 6.92 Å². The molecule has 0 aliphatic carbocycles. The first-order valence-corrected chi connectivity index (χ1v) is 7.41. The molecule has 0 atom stereocenters. The van der Waals surface area contributed by atoms with Crippen LogP contribution in [0.3, 0.4) is 0 Å². The SMILES string of the molecule is CCNc1ccc(S(=O)(=O)NCCOC)cc1[N+](=O)[O-]. The van der Waals surface area contributed by atoms with Gasteiger partial charge in [-0.1, -0.05) is 0 Å². The van der Waals surface area contributed by atoms with Crippen molar-refractivity contribution in [3.63, 3.8) is 0 Å². The maximum Gasteiger partial charge on any atom is 0.293 e. The molecule has 0 unspecified atom stereocenters. The predicted octanol–water partition coefficient (Wildman–Crippen LogP) is 0.951. The molecule has 0 spiro atoms. The van der Waals surface area contributed by atoms with E-state index < -0.39 is 14.9 Å². The van der Waals surface area contributed by atoms with Crippen molar-refractivity contribution >= 4 is 21.4 Å². The quantitative estimate of drug-likeness (QED) is 0.420. The summed E-state index contributed by atoms with van der Waals surface area (Å²) in [5.74, 6) is 0. The Balaban J connectivity index is 3.07. The average molecular weight is 303 g/mol. The second kappa shape index (κ2) is 7.17. The first-order valence-electron chi connectivity index (χ1n) is 5.93. The van der Waals surface area contributed by atoms with E-state index in [9.17, 15) is 18.5 Å². The third-order valence-electron chi connectivity index (χ3n) is 2.44. The zero-order valence-corrected chi connectivity index (χ0v) is 12.1. The molecule has 0 saturated heterocycles. The number of rotatable bonds is 8. The highest BCUT2D eigenvalue weighted by atomic mass is 32.2. The van der Waals surface area contributed by atoms with Crippen LogP contribution in [-0.2, 0) is 14.8 Å².